The molecule has 0 saturated carbocycles. The minimum Gasteiger partial charge on any atom is -0.490 e. The van der Waals surface area contributed by atoms with Gasteiger partial charge in [0, 0.05) is 17.6 Å². The van der Waals surface area contributed by atoms with Crippen LogP contribution in [0.3, 0.4) is 0 Å². The van der Waals surface area contributed by atoms with Gasteiger partial charge in [-0.05, 0) is 72.6 Å². The molecule has 1 amide bonds. The van der Waals surface area contributed by atoms with E-state index in [4.69, 9.17) is 21.1 Å². The highest BCUT2D eigenvalue weighted by molar-refractivity contribution is 7.92. The fourth-order valence-corrected chi connectivity index (χ4v) is 3.61. The van der Waals surface area contributed by atoms with Gasteiger partial charge in [-0.2, -0.15) is 5.10 Å². The highest BCUT2D eigenvalue weighted by atomic mass is 35.5. The van der Waals surface area contributed by atoms with Gasteiger partial charge in [-0.3, -0.25) is 9.10 Å². The molecule has 0 aliphatic rings. The molecule has 0 saturated heterocycles. The first-order valence-electron chi connectivity index (χ1n) is 10.7. The number of hydrogen-bond donors (Lipinski definition) is 1. The molecule has 0 atom stereocenters. The highest BCUT2D eigenvalue weighted by Crippen LogP contribution is 2.29. The number of hydrogen-bond acceptors (Lipinski definition) is 6. The summed E-state index contributed by atoms with van der Waals surface area (Å²) in [7, 11) is -1.94. The zero-order chi connectivity index (χ0) is 25.4. The van der Waals surface area contributed by atoms with Gasteiger partial charge < -0.3 is 9.47 Å². The number of nitrogens with one attached hydrogen (secondary N) is 1. The Morgan fingerprint density at radius 2 is 1.71 bits per heavy atom. The zero-order valence-corrected chi connectivity index (χ0v) is 21.1. The Kier molecular flexibility index (Phi) is 8.73. The maximum absolute atomic E-state index is 12.4. The number of ether oxygens (including phenoxy) is 2. The molecular weight excluding hydrogens is 490 g/mol. The van der Waals surface area contributed by atoms with E-state index in [0.29, 0.717) is 46.5 Å². The van der Waals surface area contributed by atoms with Crippen LogP contribution < -0.4 is 19.2 Å². The maximum atomic E-state index is 12.4. The molecule has 3 aromatic carbocycles. The van der Waals surface area contributed by atoms with E-state index in [0.717, 1.165) is 16.1 Å². The first-order chi connectivity index (χ1) is 16.7. The number of amides is 1. The Morgan fingerprint density at radius 1 is 1.03 bits per heavy atom. The lowest BCUT2D eigenvalue weighted by molar-refractivity contribution is 0.0955. The van der Waals surface area contributed by atoms with Crippen molar-refractivity contribution in [3.05, 3.63) is 88.4 Å². The van der Waals surface area contributed by atoms with Gasteiger partial charge in [-0.15, -0.1) is 0 Å². The fraction of sp³-hybridized carbons (Fsp3) is 0.200. The first-order valence-corrected chi connectivity index (χ1v) is 12.9. The first kappa shape index (κ1) is 26.1. The number of benzene rings is 3. The van der Waals surface area contributed by atoms with Crippen LogP contribution in [-0.2, 0) is 16.6 Å². The average Bonchev–Trinajstić information content (AvgIpc) is 2.84. The van der Waals surface area contributed by atoms with Gasteiger partial charge in [0.2, 0.25) is 10.0 Å². The summed E-state index contributed by atoms with van der Waals surface area (Å²) in [5.74, 6) is 0.715. The maximum Gasteiger partial charge on any atom is 0.271 e. The second-order valence-electron chi connectivity index (χ2n) is 7.53. The van der Waals surface area contributed by atoms with Gasteiger partial charge in [0.15, 0.2) is 11.5 Å². The summed E-state index contributed by atoms with van der Waals surface area (Å²) in [6, 6.07) is 18.9. The minimum atomic E-state index is -3.38. The van der Waals surface area contributed by atoms with Gasteiger partial charge in [-0.1, -0.05) is 23.7 Å². The van der Waals surface area contributed by atoms with Crippen LogP contribution in [-0.4, -0.2) is 40.4 Å². The average molecular weight is 516 g/mol. The number of halogens is 1. The van der Waals surface area contributed by atoms with E-state index in [1.165, 1.54) is 25.4 Å². The third kappa shape index (κ3) is 7.46. The van der Waals surface area contributed by atoms with E-state index >= 15 is 0 Å². The smallest absolute Gasteiger partial charge is 0.271 e. The monoisotopic (exact) mass is 515 g/mol. The Labute approximate surface area is 210 Å². The van der Waals surface area contributed by atoms with Crippen LogP contribution in [0.1, 0.15) is 28.4 Å². The summed E-state index contributed by atoms with van der Waals surface area (Å²) < 4.78 is 36.0. The molecule has 0 bridgehead atoms. The van der Waals surface area contributed by atoms with Crippen LogP contribution in [0.2, 0.25) is 5.02 Å². The molecule has 35 heavy (non-hydrogen) atoms. The molecule has 0 aromatic heterocycles. The molecule has 3 aromatic rings. The normalized spacial score (nSPS) is 11.3. The molecule has 0 spiro atoms. The second-order valence-corrected chi connectivity index (χ2v) is 9.98. The molecule has 0 unspecified atom stereocenters. The molecule has 0 aliphatic carbocycles. The van der Waals surface area contributed by atoms with Crippen LogP contribution in [0.4, 0.5) is 5.69 Å². The molecule has 0 heterocycles. The van der Waals surface area contributed by atoms with Crippen molar-refractivity contribution in [2.45, 2.75) is 13.5 Å². The second kappa shape index (κ2) is 11.7. The van der Waals surface area contributed by atoms with Gasteiger partial charge in [0.05, 0.1) is 24.8 Å². The SMILES string of the molecule is CCOc1cc(/C=N\NC(=O)c2ccc(N(C)S(C)(=O)=O)cc2)ccc1OCc1ccc(Cl)cc1. The van der Waals surface area contributed by atoms with E-state index in [9.17, 15) is 13.2 Å². The number of anilines is 1. The summed E-state index contributed by atoms with van der Waals surface area (Å²) in [5.41, 5.74) is 4.93. The topological polar surface area (TPSA) is 97.3 Å². The van der Waals surface area contributed by atoms with Crippen molar-refractivity contribution in [2.75, 3.05) is 24.2 Å². The summed E-state index contributed by atoms with van der Waals surface area (Å²) in [6.07, 6.45) is 2.60. The van der Waals surface area contributed by atoms with Gasteiger partial charge in [0.1, 0.15) is 6.61 Å². The Morgan fingerprint density at radius 3 is 2.34 bits per heavy atom. The standard InChI is InChI=1S/C25H26ClN3O5S/c1-4-33-24-15-19(7-14-23(24)34-17-18-5-10-21(26)11-6-18)16-27-28-25(30)20-8-12-22(13-9-20)29(2)35(3,31)32/h5-16H,4,17H2,1-3H3,(H,28,30)/b27-16-. The Balaban J connectivity index is 1.63. The van der Waals surface area contributed by atoms with Crippen molar-refractivity contribution < 1.29 is 22.7 Å². The number of rotatable bonds is 10. The van der Waals surface area contributed by atoms with Crippen molar-refractivity contribution in [1.82, 2.24) is 5.43 Å². The molecular formula is C25H26ClN3O5S. The van der Waals surface area contributed by atoms with Crippen LogP contribution in [0.15, 0.2) is 71.8 Å². The third-order valence-electron chi connectivity index (χ3n) is 4.95. The van der Waals surface area contributed by atoms with Crippen LogP contribution in [0, 0.1) is 0 Å². The summed E-state index contributed by atoms with van der Waals surface area (Å²) in [4.78, 5) is 12.4. The number of carbonyl (C=O) groups is 1. The van der Waals surface area contributed by atoms with Crippen LogP contribution >= 0.6 is 11.6 Å². The molecule has 10 heteroatoms. The lowest BCUT2D eigenvalue weighted by atomic mass is 10.2. The molecule has 8 nitrogen and oxygen atoms in total. The molecule has 184 valence electrons. The lowest BCUT2D eigenvalue weighted by Gasteiger charge is -2.16. The van der Waals surface area contributed by atoms with E-state index in [1.807, 2.05) is 19.1 Å². The van der Waals surface area contributed by atoms with Crippen LogP contribution in [0.5, 0.6) is 11.5 Å². The van der Waals surface area contributed by atoms with Gasteiger partial charge in [0.25, 0.3) is 5.91 Å². The van der Waals surface area contributed by atoms with Crippen LogP contribution in [0.25, 0.3) is 0 Å². The van der Waals surface area contributed by atoms with Crippen molar-refractivity contribution in [3.63, 3.8) is 0 Å². The lowest BCUT2D eigenvalue weighted by Crippen LogP contribution is -2.25. The fourth-order valence-electron chi connectivity index (χ4n) is 2.98. The largest absolute Gasteiger partial charge is 0.490 e. The quantitative estimate of drug-likeness (QED) is 0.317. The molecule has 0 radical (unpaired) electrons. The summed E-state index contributed by atoms with van der Waals surface area (Å²) in [5, 5.41) is 4.67. The Bertz CT molecular complexity index is 1290. The Hall–Kier alpha value is -3.56. The van der Waals surface area contributed by atoms with E-state index < -0.39 is 15.9 Å². The molecule has 3 rings (SSSR count). The minimum absolute atomic E-state index is 0.341. The molecule has 0 fully saturated rings. The van der Waals surface area contributed by atoms with Gasteiger partial charge >= 0.3 is 0 Å². The summed E-state index contributed by atoms with van der Waals surface area (Å²) >= 11 is 5.92. The number of carbonyl (C=O) groups excluding carboxylic acids is 1. The van der Waals surface area contributed by atoms with Crippen molar-refractivity contribution >= 4 is 39.4 Å². The number of hydrazone groups is 1. The van der Waals surface area contributed by atoms with Crippen molar-refractivity contribution in [2.24, 2.45) is 5.10 Å². The third-order valence-corrected chi connectivity index (χ3v) is 6.40. The summed E-state index contributed by atoms with van der Waals surface area (Å²) in [6.45, 7) is 2.70. The predicted octanol–water partition coefficient (Wildman–Crippen LogP) is 4.48. The van der Waals surface area contributed by atoms with Crippen molar-refractivity contribution in [1.29, 1.82) is 0 Å². The van der Waals surface area contributed by atoms with E-state index in [2.05, 4.69) is 10.5 Å². The highest BCUT2D eigenvalue weighted by Gasteiger charge is 2.13. The molecule has 1 N–H and O–H groups in total. The molecule has 0 aliphatic heterocycles. The van der Waals surface area contributed by atoms with E-state index in [1.54, 1.807) is 42.5 Å². The predicted molar refractivity (Wildman–Crippen MR) is 138 cm³/mol. The van der Waals surface area contributed by atoms with Crippen molar-refractivity contribution in [3.8, 4) is 11.5 Å². The van der Waals surface area contributed by atoms with E-state index in [-0.39, 0.29) is 0 Å². The number of sulfonamides is 1. The number of nitrogens with zero attached hydrogens (tertiary/aromatic N) is 2. The zero-order valence-electron chi connectivity index (χ0n) is 19.6. The van der Waals surface area contributed by atoms with Gasteiger partial charge in [-0.25, -0.2) is 13.8 Å².